The van der Waals surface area contributed by atoms with Gasteiger partial charge in [0.25, 0.3) is 0 Å². The maximum absolute atomic E-state index is 12.8. The van der Waals surface area contributed by atoms with E-state index in [1.165, 1.54) is 12.0 Å². The third-order valence-corrected chi connectivity index (χ3v) is 6.16. The molecule has 2 aliphatic rings. The van der Waals surface area contributed by atoms with Crippen molar-refractivity contribution in [2.75, 3.05) is 13.1 Å². The maximum Gasteiger partial charge on any atom is 0.243 e. The molecule has 3 rings (SSSR count). The van der Waals surface area contributed by atoms with Gasteiger partial charge in [-0.15, -0.1) is 0 Å². The van der Waals surface area contributed by atoms with E-state index in [2.05, 4.69) is 5.32 Å². The molecule has 0 bridgehead atoms. The van der Waals surface area contributed by atoms with Gasteiger partial charge in [0.2, 0.25) is 10.0 Å². The van der Waals surface area contributed by atoms with E-state index in [9.17, 15) is 8.42 Å². The molecule has 0 saturated carbocycles. The minimum absolute atomic E-state index is 0.459. The van der Waals surface area contributed by atoms with Gasteiger partial charge in [-0.1, -0.05) is 25.3 Å². The summed E-state index contributed by atoms with van der Waals surface area (Å²) in [6.45, 7) is 2.95. The van der Waals surface area contributed by atoms with Crippen molar-refractivity contribution in [2.45, 2.75) is 50.1 Å². The summed E-state index contributed by atoms with van der Waals surface area (Å²) < 4.78 is 27.2. The minimum Gasteiger partial charge on any atom is -0.309 e. The van der Waals surface area contributed by atoms with Gasteiger partial charge in [0.05, 0.1) is 4.90 Å². The van der Waals surface area contributed by atoms with Crippen LogP contribution in [0.3, 0.4) is 0 Å². The van der Waals surface area contributed by atoms with Crippen molar-refractivity contribution < 1.29 is 8.42 Å². The van der Waals surface area contributed by atoms with E-state index in [-0.39, 0.29) is 0 Å². The fourth-order valence-corrected chi connectivity index (χ4v) is 4.61. The van der Waals surface area contributed by atoms with Gasteiger partial charge in [-0.25, -0.2) is 8.42 Å². The van der Waals surface area contributed by atoms with Crippen LogP contribution in [0, 0.1) is 0 Å². The van der Waals surface area contributed by atoms with Gasteiger partial charge in [0.15, 0.2) is 0 Å². The summed E-state index contributed by atoms with van der Waals surface area (Å²) in [7, 11) is -3.32. The van der Waals surface area contributed by atoms with Gasteiger partial charge in [-0.2, -0.15) is 4.31 Å². The second kappa shape index (κ2) is 5.84. The SMILES string of the molecule is O=S(=O)(c1ccc2c(c1)CNC2)N1CCCCCCC1. The van der Waals surface area contributed by atoms with Gasteiger partial charge >= 0.3 is 0 Å². The maximum atomic E-state index is 12.8. The molecule has 1 N–H and O–H groups in total. The van der Waals surface area contributed by atoms with Crippen molar-refractivity contribution in [2.24, 2.45) is 0 Å². The number of hydrogen-bond donors (Lipinski definition) is 1. The average molecular weight is 294 g/mol. The number of sulfonamides is 1. The molecule has 0 aromatic heterocycles. The van der Waals surface area contributed by atoms with E-state index < -0.39 is 10.0 Å². The summed E-state index contributed by atoms with van der Waals surface area (Å²) in [6.07, 6.45) is 5.47. The highest BCUT2D eigenvalue weighted by molar-refractivity contribution is 7.89. The molecule has 0 amide bonds. The molecule has 5 heteroatoms. The van der Waals surface area contributed by atoms with Gasteiger partial charge in [-0.3, -0.25) is 0 Å². The second-order valence-corrected chi connectivity index (χ2v) is 7.64. The third-order valence-electron chi connectivity index (χ3n) is 4.26. The predicted molar refractivity (Wildman–Crippen MR) is 78.8 cm³/mol. The third kappa shape index (κ3) is 2.75. The Balaban J connectivity index is 1.86. The lowest BCUT2D eigenvalue weighted by Crippen LogP contribution is -2.33. The normalized spacial score (nSPS) is 21.2. The zero-order valence-electron chi connectivity index (χ0n) is 11.8. The zero-order valence-corrected chi connectivity index (χ0v) is 12.6. The van der Waals surface area contributed by atoms with Crippen LogP contribution in [-0.2, 0) is 23.1 Å². The number of hydrogen-bond acceptors (Lipinski definition) is 3. The summed E-state index contributed by atoms with van der Waals surface area (Å²) >= 11 is 0. The standard InChI is InChI=1S/C15H22N2O2S/c18-20(19,17-8-4-2-1-3-5-9-17)15-7-6-13-11-16-12-14(13)10-15/h6-7,10,16H,1-5,8-9,11-12H2. The molecule has 1 fully saturated rings. The van der Waals surface area contributed by atoms with E-state index in [0.29, 0.717) is 18.0 Å². The molecular weight excluding hydrogens is 272 g/mol. The lowest BCUT2D eigenvalue weighted by Gasteiger charge is -2.24. The monoisotopic (exact) mass is 294 g/mol. The van der Waals surface area contributed by atoms with Crippen LogP contribution in [0.1, 0.15) is 43.2 Å². The summed E-state index contributed by atoms with van der Waals surface area (Å²) in [5, 5.41) is 3.26. The number of nitrogens with zero attached hydrogens (tertiary/aromatic N) is 1. The van der Waals surface area contributed by atoms with E-state index in [0.717, 1.165) is 44.3 Å². The molecular formula is C15H22N2O2S. The van der Waals surface area contributed by atoms with Crippen molar-refractivity contribution in [1.82, 2.24) is 9.62 Å². The van der Waals surface area contributed by atoms with Crippen molar-refractivity contribution in [3.8, 4) is 0 Å². The minimum atomic E-state index is -3.32. The van der Waals surface area contributed by atoms with E-state index in [4.69, 9.17) is 0 Å². The fourth-order valence-electron chi connectivity index (χ4n) is 3.04. The molecule has 2 heterocycles. The van der Waals surface area contributed by atoms with E-state index >= 15 is 0 Å². The highest BCUT2D eigenvalue weighted by Crippen LogP contribution is 2.24. The van der Waals surface area contributed by atoms with Crippen molar-refractivity contribution in [3.63, 3.8) is 0 Å². The molecule has 4 nitrogen and oxygen atoms in total. The summed E-state index contributed by atoms with van der Waals surface area (Å²) in [6, 6.07) is 5.57. The fraction of sp³-hybridized carbons (Fsp3) is 0.600. The van der Waals surface area contributed by atoms with Gasteiger partial charge in [0, 0.05) is 26.2 Å². The van der Waals surface area contributed by atoms with Crippen LogP contribution in [0.15, 0.2) is 23.1 Å². The Morgan fingerprint density at radius 3 is 2.30 bits per heavy atom. The zero-order chi connectivity index (χ0) is 14.0. The largest absolute Gasteiger partial charge is 0.309 e. The quantitative estimate of drug-likeness (QED) is 0.910. The number of fused-ring (bicyclic) bond motifs is 1. The molecule has 2 aliphatic heterocycles. The Morgan fingerprint density at radius 1 is 0.900 bits per heavy atom. The summed E-state index contributed by atoms with van der Waals surface area (Å²) in [4.78, 5) is 0.459. The molecule has 0 unspecified atom stereocenters. The highest BCUT2D eigenvalue weighted by atomic mass is 32.2. The molecule has 1 aromatic rings. The molecule has 1 aromatic carbocycles. The molecule has 110 valence electrons. The first kappa shape index (κ1) is 14.0. The van der Waals surface area contributed by atoms with Gasteiger partial charge in [0.1, 0.15) is 0 Å². The lowest BCUT2D eigenvalue weighted by molar-refractivity contribution is 0.364. The number of rotatable bonds is 2. The molecule has 0 atom stereocenters. The van der Waals surface area contributed by atoms with Crippen LogP contribution in [0.25, 0.3) is 0 Å². The van der Waals surface area contributed by atoms with Gasteiger partial charge in [-0.05, 0) is 36.1 Å². The number of nitrogens with one attached hydrogen (secondary N) is 1. The Kier molecular flexibility index (Phi) is 4.10. The highest BCUT2D eigenvalue weighted by Gasteiger charge is 2.25. The number of benzene rings is 1. The van der Waals surface area contributed by atoms with Crippen molar-refractivity contribution in [1.29, 1.82) is 0 Å². The van der Waals surface area contributed by atoms with Crippen LogP contribution >= 0.6 is 0 Å². The predicted octanol–water partition coefficient (Wildman–Crippen LogP) is 2.24. The van der Waals surface area contributed by atoms with E-state index in [1.54, 1.807) is 10.4 Å². The average Bonchev–Trinajstić information content (AvgIpc) is 2.84. The Hall–Kier alpha value is -0.910. The van der Waals surface area contributed by atoms with Crippen LogP contribution in [-0.4, -0.2) is 25.8 Å². The van der Waals surface area contributed by atoms with Crippen LogP contribution in [0.5, 0.6) is 0 Å². The topological polar surface area (TPSA) is 49.4 Å². The summed E-state index contributed by atoms with van der Waals surface area (Å²) in [5.74, 6) is 0. The second-order valence-electron chi connectivity index (χ2n) is 5.71. The van der Waals surface area contributed by atoms with Crippen molar-refractivity contribution >= 4 is 10.0 Å². The molecule has 0 radical (unpaired) electrons. The van der Waals surface area contributed by atoms with Crippen LogP contribution < -0.4 is 5.32 Å². The molecule has 1 saturated heterocycles. The van der Waals surface area contributed by atoms with Crippen LogP contribution in [0.4, 0.5) is 0 Å². The smallest absolute Gasteiger partial charge is 0.243 e. The first-order chi connectivity index (χ1) is 9.68. The molecule has 20 heavy (non-hydrogen) atoms. The Labute approximate surface area is 121 Å². The molecule has 0 aliphatic carbocycles. The van der Waals surface area contributed by atoms with E-state index in [1.807, 2.05) is 12.1 Å². The lowest BCUT2D eigenvalue weighted by atomic mass is 10.1. The van der Waals surface area contributed by atoms with Crippen molar-refractivity contribution in [3.05, 3.63) is 29.3 Å². The summed E-state index contributed by atoms with van der Waals surface area (Å²) in [5.41, 5.74) is 2.34. The first-order valence-corrected chi connectivity index (χ1v) is 8.94. The first-order valence-electron chi connectivity index (χ1n) is 7.50. The molecule has 0 spiro atoms. The van der Waals surface area contributed by atoms with Gasteiger partial charge < -0.3 is 5.32 Å². The Bertz CT molecular complexity index is 576. The Morgan fingerprint density at radius 2 is 1.55 bits per heavy atom. The van der Waals surface area contributed by atoms with Crippen LogP contribution in [0.2, 0.25) is 0 Å².